The van der Waals surface area contributed by atoms with E-state index in [0.717, 1.165) is 0 Å². The van der Waals surface area contributed by atoms with E-state index in [9.17, 15) is 4.79 Å². The predicted molar refractivity (Wildman–Crippen MR) is 51.3 cm³/mol. The Kier molecular flexibility index (Phi) is 2.97. The molecule has 1 aromatic carbocycles. The van der Waals surface area contributed by atoms with Gasteiger partial charge in [0.15, 0.2) is 0 Å². The molecule has 1 radical (unpaired) electrons. The van der Waals surface area contributed by atoms with Crippen LogP contribution < -0.4 is 5.19 Å². The number of carbonyl (C=O) groups excluding carboxylic acids is 1. The van der Waals surface area contributed by atoms with Gasteiger partial charge >= 0.3 is 0 Å². The van der Waals surface area contributed by atoms with Gasteiger partial charge in [0.25, 0.3) is 0 Å². The first-order chi connectivity index (χ1) is 5.74. The van der Waals surface area contributed by atoms with Crippen LogP contribution in [0.25, 0.3) is 0 Å². The van der Waals surface area contributed by atoms with E-state index in [0.29, 0.717) is 5.69 Å². The summed E-state index contributed by atoms with van der Waals surface area (Å²) in [6.07, 6.45) is 1.52. The molecule has 0 saturated carbocycles. The maximum absolute atomic E-state index is 9.91. The van der Waals surface area contributed by atoms with E-state index < -0.39 is 0 Å². The fourth-order valence-electron chi connectivity index (χ4n) is 0.922. The van der Waals surface area contributed by atoms with E-state index >= 15 is 0 Å². The fourth-order valence-corrected chi connectivity index (χ4v) is 1.76. The Morgan fingerprint density at radius 1 is 1.25 bits per heavy atom. The monoisotopic (exact) mass is 176 g/mol. The van der Waals surface area contributed by atoms with Crippen LogP contribution in [-0.4, -0.2) is 14.9 Å². The Morgan fingerprint density at radius 3 is 2.25 bits per heavy atom. The Labute approximate surface area is 73.6 Å². The van der Waals surface area contributed by atoms with E-state index in [4.69, 9.17) is 0 Å². The second-order valence-corrected chi connectivity index (χ2v) is 5.33. The fraction of sp³-hybridized carbons (Fsp3) is 0.222. The molecule has 3 heteroatoms. The van der Waals surface area contributed by atoms with Crippen LogP contribution in [0.15, 0.2) is 29.3 Å². The third-order valence-electron chi connectivity index (χ3n) is 1.62. The van der Waals surface area contributed by atoms with E-state index in [1.54, 1.807) is 0 Å². The maximum atomic E-state index is 9.91. The van der Waals surface area contributed by atoms with Crippen molar-refractivity contribution in [2.45, 2.75) is 13.1 Å². The molecule has 0 fully saturated rings. The number of isocyanates is 1. The zero-order valence-corrected chi connectivity index (χ0v) is 8.16. The number of aliphatic imine (C=N–C) groups is 1. The van der Waals surface area contributed by atoms with Gasteiger partial charge in [0.1, 0.15) is 0 Å². The second-order valence-electron chi connectivity index (χ2n) is 2.75. The van der Waals surface area contributed by atoms with Gasteiger partial charge in [0.05, 0.1) is 14.5 Å². The van der Waals surface area contributed by atoms with Gasteiger partial charge in [-0.1, -0.05) is 30.4 Å². The number of hydrogen-bond donors (Lipinski definition) is 0. The van der Waals surface area contributed by atoms with Crippen molar-refractivity contribution in [3.63, 3.8) is 0 Å². The summed E-state index contributed by atoms with van der Waals surface area (Å²) < 4.78 is 0. The van der Waals surface area contributed by atoms with Crippen molar-refractivity contribution in [2.75, 3.05) is 0 Å². The maximum Gasteiger partial charge on any atom is 0.240 e. The lowest BCUT2D eigenvalue weighted by Gasteiger charge is -2.01. The highest BCUT2D eigenvalue weighted by Crippen LogP contribution is 2.07. The molecule has 1 aromatic rings. The van der Waals surface area contributed by atoms with Gasteiger partial charge in [-0.15, -0.1) is 0 Å². The van der Waals surface area contributed by atoms with E-state index in [1.807, 2.05) is 24.3 Å². The molecule has 0 saturated heterocycles. The minimum Gasteiger partial charge on any atom is -0.211 e. The van der Waals surface area contributed by atoms with Crippen LogP contribution in [0.1, 0.15) is 0 Å². The minimum atomic E-state index is -0.384. The third-order valence-corrected chi connectivity index (χ3v) is 3.11. The molecule has 0 amide bonds. The van der Waals surface area contributed by atoms with E-state index in [2.05, 4.69) is 18.1 Å². The molecule has 0 atom stereocenters. The van der Waals surface area contributed by atoms with Crippen LogP contribution in [-0.2, 0) is 4.79 Å². The SMILES string of the molecule is C[Si](C)c1ccc(N=C=O)cc1. The second kappa shape index (κ2) is 4.00. The van der Waals surface area contributed by atoms with Crippen molar-refractivity contribution in [3.8, 4) is 0 Å². The summed E-state index contributed by atoms with van der Waals surface area (Å²) in [6.45, 7) is 4.45. The molecular weight excluding hydrogens is 166 g/mol. The third kappa shape index (κ3) is 2.15. The predicted octanol–water partition coefficient (Wildman–Crippen LogP) is 1.62. The highest BCUT2D eigenvalue weighted by Gasteiger charge is 1.99. The van der Waals surface area contributed by atoms with Crippen molar-refractivity contribution in [2.24, 2.45) is 4.99 Å². The van der Waals surface area contributed by atoms with Crippen molar-refractivity contribution in [1.29, 1.82) is 0 Å². The van der Waals surface area contributed by atoms with Crippen LogP contribution in [0.5, 0.6) is 0 Å². The van der Waals surface area contributed by atoms with Crippen LogP contribution >= 0.6 is 0 Å². The summed E-state index contributed by atoms with van der Waals surface area (Å²) in [6, 6.07) is 7.73. The average Bonchev–Trinajstić information content (AvgIpc) is 2.06. The quantitative estimate of drug-likeness (QED) is 0.382. The van der Waals surface area contributed by atoms with Crippen molar-refractivity contribution >= 4 is 25.8 Å². The summed E-state index contributed by atoms with van der Waals surface area (Å²) in [4.78, 5) is 13.4. The lowest BCUT2D eigenvalue weighted by Crippen LogP contribution is -2.21. The van der Waals surface area contributed by atoms with Crippen LogP contribution in [0, 0.1) is 0 Å². The summed E-state index contributed by atoms with van der Waals surface area (Å²) in [5.41, 5.74) is 0.678. The van der Waals surface area contributed by atoms with Crippen molar-refractivity contribution in [1.82, 2.24) is 0 Å². The highest BCUT2D eigenvalue weighted by molar-refractivity contribution is 6.70. The lowest BCUT2D eigenvalue weighted by molar-refractivity contribution is 0.565. The molecular formula is C9H10NOSi. The van der Waals surface area contributed by atoms with Gasteiger partial charge < -0.3 is 0 Å². The zero-order chi connectivity index (χ0) is 8.97. The van der Waals surface area contributed by atoms with Gasteiger partial charge in [-0.3, -0.25) is 0 Å². The van der Waals surface area contributed by atoms with E-state index in [-0.39, 0.29) is 8.80 Å². The normalized spacial score (nSPS) is 9.58. The Hall–Kier alpha value is -1.18. The number of hydrogen-bond acceptors (Lipinski definition) is 2. The molecule has 0 aliphatic carbocycles. The molecule has 0 aliphatic rings. The van der Waals surface area contributed by atoms with Gasteiger partial charge in [-0.2, -0.15) is 4.99 Å². The minimum absolute atomic E-state index is 0.384. The first-order valence-electron chi connectivity index (χ1n) is 3.72. The van der Waals surface area contributed by atoms with Gasteiger partial charge in [-0.05, 0) is 12.1 Å². The first kappa shape index (κ1) is 8.91. The highest BCUT2D eigenvalue weighted by atomic mass is 28.3. The van der Waals surface area contributed by atoms with Crippen molar-refractivity contribution < 1.29 is 4.79 Å². The van der Waals surface area contributed by atoms with Crippen LogP contribution in [0.3, 0.4) is 0 Å². The van der Waals surface area contributed by atoms with Crippen LogP contribution in [0.4, 0.5) is 5.69 Å². The van der Waals surface area contributed by atoms with Gasteiger partial charge in [0, 0.05) is 0 Å². The molecule has 0 bridgehead atoms. The largest absolute Gasteiger partial charge is 0.240 e. The summed E-state index contributed by atoms with van der Waals surface area (Å²) in [7, 11) is -0.384. The molecule has 12 heavy (non-hydrogen) atoms. The average molecular weight is 176 g/mol. The lowest BCUT2D eigenvalue weighted by atomic mass is 10.3. The summed E-state index contributed by atoms with van der Waals surface area (Å²) in [5, 5.41) is 1.35. The molecule has 0 aromatic heterocycles. The topological polar surface area (TPSA) is 29.4 Å². The smallest absolute Gasteiger partial charge is 0.211 e. The van der Waals surface area contributed by atoms with Gasteiger partial charge in [-0.25, -0.2) is 4.79 Å². The van der Waals surface area contributed by atoms with E-state index in [1.165, 1.54) is 11.3 Å². The zero-order valence-electron chi connectivity index (χ0n) is 7.16. The molecule has 0 N–H and O–H groups in total. The number of nitrogens with zero attached hydrogens (tertiary/aromatic N) is 1. The van der Waals surface area contributed by atoms with Crippen LogP contribution in [0.2, 0.25) is 13.1 Å². The Morgan fingerprint density at radius 2 is 1.83 bits per heavy atom. The molecule has 0 aliphatic heterocycles. The Bertz CT molecular complexity index is 299. The molecule has 0 heterocycles. The first-order valence-corrected chi connectivity index (χ1v) is 6.22. The van der Waals surface area contributed by atoms with Crippen molar-refractivity contribution in [3.05, 3.63) is 24.3 Å². The summed E-state index contributed by atoms with van der Waals surface area (Å²) >= 11 is 0. The molecule has 61 valence electrons. The summed E-state index contributed by atoms with van der Waals surface area (Å²) in [5.74, 6) is 0. The number of rotatable bonds is 2. The molecule has 1 rings (SSSR count). The number of benzene rings is 1. The molecule has 0 spiro atoms. The molecule has 0 unspecified atom stereocenters. The molecule has 2 nitrogen and oxygen atoms in total. The Balaban J connectivity index is 2.92. The van der Waals surface area contributed by atoms with Gasteiger partial charge in [0.2, 0.25) is 6.08 Å². The standard InChI is InChI=1S/C9H10NOSi/c1-12(2)9-5-3-8(4-6-9)10-7-11/h3-6H,1-2H3.